The van der Waals surface area contributed by atoms with E-state index in [0.29, 0.717) is 38.6 Å². The Labute approximate surface area is 168 Å². The van der Waals surface area contributed by atoms with Gasteiger partial charge in [-0.15, -0.1) is 0 Å². The summed E-state index contributed by atoms with van der Waals surface area (Å²) in [5.41, 5.74) is 0. The highest BCUT2D eigenvalue weighted by Crippen LogP contribution is 2.28. The second-order valence-electron chi connectivity index (χ2n) is 7.66. The highest BCUT2D eigenvalue weighted by molar-refractivity contribution is 5.83. The Hall–Kier alpha value is -1.63. The predicted molar refractivity (Wildman–Crippen MR) is 106 cm³/mol. The van der Waals surface area contributed by atoms with Gasteiger partial charge in [0.2, 0.25) is 6.29 Å². The number of alkyl carbamates (subject to hydrolysis) is 1. The number of ether oxygens (including phenoxy) is 2. The lowest BCUT2D eigenvalue weighted by atomic mass is 9.82. The van der Waals surface area contributed by atoms with E-state index in [-0.39, 0.29) is 17.6 Å². The number of carboxylic acid groups (broad SMARTS) is 1. The van der Waals surface area contributed by atoms with E-state index in [4.69, 9.17) is 14.6 Å². The minimum Gasteiger partial charge on any atom is -0.481 e. The van der Waals surface area contributed by atoms with Gasteiger partial charge in [0, 0.05) is 19.4 Å². The number of Topliss-reactive ketones (excluding diaryl/α,β-unsaturated/α-hetero) is 1. The predicted octanol–water partition coefficient (Wildman–Crippen LogP) is 4.28. The van der Waals surface area contributed by atoms with Crippen LogP contribution in [0.15, 0.2) is 0 Å². The van der Waals surface area contributed by atoms with Gasteiger partial charge in [-0.1, -0.05) is 33.6 Å². The first-order valence-corrected chi connectivity index (χ1v) is 10.8. The molecule has 2 N–H and O–H groups in total. The van der Waals surface area contributed by atoms with E-state index in [1.54, 1.807) is 0 Å². The normalized spacial score (nSPS) is 21.5. The second-order valence-corrected chi connectivity index (χ2v) is 7.66. The smallest absolute Gasteiger partial charge is 0.409 e. The maximum absolute atomic E-state index is 12.3. The van der Waals surface area contributed by atoms with Crippen LogP contribution in [0.25, 0.3) is 0 Å². The van der Waals surface area contributed by atoms with Gasteiger partial charge >= 0.3 is 12.1 Å². The summed E-state index contributed by atoms with van der Waals surface area (Å²) in [4.78, 5) is 35.4. The van der Waals surface area contributed by atoms with Gasteiger partial charge in [0.25, 0.3) is 0 Å². The first-order valence-electron chi connectivity index (χ1n) is 10.8. The summed E-state index contributed by atoms with van der Waals surface area (Å²) in [5.74, 6) is -0.660. The van der Waals surface area contributed by atoms with Crippen LogP contribution in [0.1, 0.15) is 85.0 Å². The molecule has 0 aromatic heterocycles. The van der Waals surface area contributed by atoms with Crippen LogP contribution in [0.3, 0.4) is 0 Å². The number of rotatable bonds is 13. The molecule has 0 aliphatic heterocycles. The molecule has 0 heterocycles. The number of nitrogens with one attached hydrogen (secondary N) is 1. The highest BCUT2D eigenvalue weighted by atomic mass is 16.7. The van der Waals surface area contributed by atoms with Crippen molar-refractivity contribution in [2.24, 2.45) is 11.8 Å². The topological polar surface area (TPSA) is 102 Å². The number of aliphatic carboxylic acids is 1. The van der Waals surface area contributed by atoms with Crippen LogP contribution >= 0.6 is 0 Å². The fourth-order valence-corrected chi connectivity index (χ4v) is 3.49. The fraction of sp³-hybridized carbons (Fsp3) is 0.857. The molecule has 2 atom stereocenters. The molecule has 0 radical (unpaired) electrons. The zero-order valence-corrected chi connectivity index (χ0v) is 17.6. The summed E-state index contributed by atoms with van der Waals surface area (Å²) in [6, 6.07) is 0. The summed E-state index contributed by atoms with van der Waals surface area (Å²) in [6.45, 7) is 6.34. The lowest BCUT2D eigenvalue weighted by Crippen LogP contribution is -2.37. The summed E-state index contributed by atoms with van der Waals surface area (Å²) in [6.07, 6.45) is 5.27. The average Bonchev–Trinajstić information content (AvgIpc) is 2.69. The number of amides is 1. The van der Waals surface area contributed by atoms with Gasteiger partial charge in [-0.3, -0.25) is 9.59 Å². The lowest BCUT2D eigenvalue weighted by Gasteiger charge is -2.27. The number of carboxylic acids is 1. The zero-order valence-electron chi connectivity index (χ0n) is 17.6. The fourth-order valence-electron chi connectivity index (χ4n) is 3.49. The van der Waals surface area contributed by atoms with Crippen molar-refractivity contribution in [2.75, 3.05) is 6.54 Å². The third-order valence-electron chi connectivity index (χ3n) is 5.29. The number of hydrogen-bond acceptors (Lipinski definition) is 5. The van der Waals surface area contributed by atoms with Crippen molar-refractivity contribution in [1.29, 1.82) is 0 Å². The number of unbranched alkanes of at least 4 members (excludes halogenated alkanes) is 1. The van der Waals surface area contributed by atoms with E-state index in [0.717, 1.165) is 32.1 Å². The van der Waals surface area contributed by atoms with Crippen molar-refractivity contribution in [3.63, 3.8) is 0 Å². The van der Waals surface area contributed by atoms with E-state index >= 15 is 0 Å². The van der Waals surface area contributed by atoms with E-state index in [9.17, 15) is 14.4 Å². The molecule has 2 unspecified atom stereocenters. The number of ketones is 1. The van der Waals surface area contributed by atoms with Crippen molar-refractivity contribution >= 4 is 17.8 Å². The minimum absolute atomic E-state index is 0.0635. The molecule has 28 heavy (non-hydrogen) atoms. The van der Waals surface area contributed by atoms with E-state index in [1.165, 1.54) is 0 Å². The van der Waals surface area contributed by atoms with E-state index in [1.807, 2.05) is 13.8 Å². The first kappa shape index (κ1) is 24.4. The molecule has 1 rings (SSSR count). The second kappa shape index (κ2) is 13.5. The largest absolute Gasteiger partial charge is 0.481 e. The van der Waals surface area contributed by atoms with Crippen LogP contribution in [0, 0.1) is 11.8 Å². The van der Waals surface area contributed by atoms with Crippen LogP contribution in [-0.4, -0.2) is 41.9 Å². The molecule has 0 aromatic carbocycles. The summed E-state index contributed by atoms with van der Waals surface area (Å²) < 4.78 is 11.2. The Kier molecular flexibility index (Phi) is 11.8. The maximum atomic E-state index is 12.3. The molecule has 0 saturated heterocycles. The monoisotopic (exact) mass is 399 g/mol. The Morgan fingerprint density at radius 1 is 1.07 bits per heavy atom. The van der Waals surface area contributed by atoms with Crippen LogP contribution in [0.2, 0.25) is 0 Å². The molecule has 1 aliphatic carbocycles. The van der Waals surface area contributed by atoms with E-state index in [2.05, 4.69) is 12.2 Å². The Balaban J connectivity index is 2.42. The number of carbonyl (C=O) groups is 3. The third kappa shape index (κ3) is 9.04. The van der Waals surface area contributed by atoms with Crippen molar-refractivity contribution < 1.29 is 29.0 Å². The maximum Gasteiger partial charge on any atom is 0.409 e. The molecule has 0 aromatic rings. The third-order valence-corrected chi connectivity index (χ3v) is 5.29. The van der Waals surface area contributed by atoms with Gasteiger partial charge in [-0.25, -0.2) is 4.79 Å². The summed E-state index contributed by atoms with van der Waals surface area (Å²) in [7, 11) is 0. The number of carbonyl (C=O) groups excluding carboxylic acids is 2. The highest BCUT2D eigenvalue weighted by Gasteiger charge is 2.27. The van der Waals surface area contributed by atoms with E-state index < -0.39 is 24.5 Å². The molecule has 1 amide bonds. The summed E-state index contributed by atoms with van der Waals surface area (Å²) in [5, 5.41) is 11.8. The Bertz CT molecular complexity index is 487. The first-order chi connectivity index (χ1) is 13.4. The standard InChI is InChI=1S/C21H37NO6/c1-4-7-9-18(17(23)8-5-2)27-19(6-3)28-21(26)22-14-15-10-12-16(13-11-15)20(24)25/h15-16,18-19H,4-14H2,1-3H3,(H,22,26)(H,24,25). The van der Waals surface area contributed by atoms with Crippen molar-refractivity contribution in [1.82, 2.24) is 5.32 Å². The van der Waals surface area contributed by atoms with Gasteiger partial charge in [-0.05, 0) is 44.4 Å². The molecule has 162 valence electrons. The molecular weight excluding hydrogens is 362 g/mol. The molecule has 1 aliphatic rings. The lowest BCUT2D eigenvalue weighted by molar-refractivity contribution is -0.161. The molecule has 1 fully saturated rings. The molecule has 0 spiro atoms. The van der Waals surface area contributed by atoms with Gasteiger partial charge in [0.1, 0.15) is 6.10 Å². The summed E-state index contributed by atoms with van der Waals surface area (Å²) >= 11 is 0. The molecule has 0 bridgehead atoms. The van der Waals surface area contributed by atoms with Gasteiger partial charge in [0.05, 0.1) is 5.92 Å². The molecule has 7 nitrogen and oxygen atoms in total. The van der Waals surface area contributed by atoms with Crippen LogP contribution in [-0.2, 0) is 19.1 Å². The Morgan fingerprint density at radius 2 is 1.75 bits per heavy atom. The zero-order chi connectivity index (χ0) is 20.9. The van der Waals surface area contributed by atoms with Gasteiger partial charge in [-0.2, -0.15) is 0 Å². The molecule has 7 heteroatoms. The van der Waals surface area contributed by atoms with Crippen molar-refractivity contribution in [3.8, 4) is 0 Å². The average molecular weight is 400 g/mol. The van der Waals surface area contributed by atoms with Crippen LogP contribution in [0.5, 0.6) is 0 Å². The van der Waals surface area contributed by atoms with Crippen LogP contribution in [0.4, 0.5) is 4.79 Å². The van der Waals surface area contributed by atoms with Crippen LogP contribution < -0.4 is 5.32 Å². The SMILES string of the molecule is CCCCC(OC(CC)OC(=O)NCC1CCC(C(=O)O)CC1)C(=O)CCC. The van der Waals surface area contributed by atoms with Gasteiger partial charge in [0.15, 0.2) is 5.78 Å². The van der Waals surface area contributed by atoms with Crippen molar-refractivity contribution in [2.45, 2.75) is 97.4 Å². The Morgan fingerprint density at radius 3 is 2.29 bits per heavy atom. The van der Waals surface area contributed by atoms with Crippen molar-refractivity contribution in [3.05, 3.63) is 0 Å². The number of hydrogen-bond donors (Lipinski definition) is 2. The quantitative estimate of drug-likeness (QED) is 0.448. The van der Waals surface area contributed by atoms with Gasteiger partial charge < -0.3 is 19.9 Å². The minimum atomic E-state index is -0.745. The molecule has 1 saturated carbocycles. The molecular formula is C21H37NO6.